The number of amides is 2. The molecule has 1 aromatic carbocycles. The number of anilines is 1. The van der Waals surface area contributed by atoms with Crippen LogP contribution in [-0.4, -0.2) is 45.2 Å². The molecule has 9 heteroatoms. The van der Waals surface area contributed by atoms with Gasteiger partial charge in [-0.05, 0) is 25.1 Å². The van der Waals surface area contributed by atoms with Crippen LogP contribution in [0.1, 0.15) is 23.7 Å². The predicted molar refractivity (Wildman–Crippen MR) is 103 cm³/mol. The van der Waals surface area contributed by atoms with Gasteiger partial charge in [0.25, 0.3) is 11.7 Å². The van der Waals surface area contributed by atoms with Gasteiger partial charge in [0.05, 0.1) is 28.8 Å². The van der Waals surface area contributed by atoms with Crippen LogP contribution in [0.25, 0.3) is 22.3 Å². The number of pyridine rings is 1. The molecule has 0 spiro atoms. The molecule has 2 atom stereocenters. The number of ketones is 1. The van der Waals surface area contributed by atoms with Crippen LogP contribution in [-0.2, 0) is 9.59 Å². The van der Waals surface area contributed by atoms with Gasteiger partial charge in [-0.2, -0.15) is 0 Å². The Hall–Kier alpha value is -3.75. The largest absolute Gasteiger partial charge is 0.473 e. The lowest BCUT2D eigenvalue weighted by Gasteiger charge is -2.19. The Kier molecular flexibility index (Phi) is 3.83. The lowest BCUT2D eigenvalue weighted by atomic mass is 10.0. The van der Waals surface area contributed by atoms with Crippen LogP contribution >= 0.6 is 0 Å². The summed E-state index contributed by atoms with van der Waals surface area (Å²) in [7, 11) is 0. The van der Waals surface area contributed by atoms with Crippen LogP contribution in [0.4, 0.5) is 5.69 Å². The molecule has 0 unspecified atom stereocenters. The topological polar surface area (TPSA) is 126 Å². The van der Waals surface area contributed by atoms with Crippen molar-refractivity contribution in [1.82, 2.24) is 20.3 Å². The number of nitrogens with zero attached hydrogens (tertiary/aromatic N) is 2. The lowest BCUT2D eigenvalue weighted by Crippen LogP contribution is -2.26. The van der Waals surface area contributed by atoms with E-state index in [0.717, 1.165) is 11.1 Å². The standard InChI is InChI=1S/C20H17N5O4/c1-9(11-5-16(26)21-7-11)29-20-17-15(22-8-23-17)6-13(25-20)10-2-3-12-14(4-10)24-19(28)18(12)27/h2-4,6,8-9,11H,5,7H2,1H3,(H,21,26)(H,22,23)(H,24,27,28)/t9-,11-/m1/s1. The van der Waals surface area contributed by atoms with Gasteiger partial charge in [-0.1, -0.05) is 6.07 Å². The first kappa shape index (κ1) is 17.4. The number of hydrogen-bond donors (Lipinski definition) is 3. The van der Waals surface area contributed by atoms with Gasteiger partial charge in [-0.3, -0.25) is 14.4 Å². The summed E-state index contributed by atoms with van der Waals surface area (Å²) in [5.41, 5.74) is 3.51. The van der Waals surface area contributed by atoms with Crippen molar-refractivity contribution in [2.24, 2.45) is 5.92 Å². The fourth-order valence-electron chi connectivity index (χ4n) is 3.68. The van der Waals surface area contributed by atoms with E-state index in [4.69, 9.17) is 4.74 Å². The van der Waals surface area contributed by atoms with Crippen molar-refractivity contribution >= 4 is 34.3 Å². The van der Waals surface area contributed by atoms with E-state index in [1.165, 1.54) is 0 Å². The second kappa shape index (κ2) is 6.40. The van der Waals surface area contributed by atoms with E-state index in [2.05, 4.69) is 25.6 Å². The van der Waals surface area contributed by atoms with Crippen molar-refractivity contribution in [3.63, 3.8) is 0 Å². The number of benzene rings is 1. The highest BCUT2D eigenvalue weighted by molar-refractivity contribution is 6.51. The van der Waals surface area contributed by atoms with Gasteiger partial charge in [0.15, 0.2) is 5.52 Å². The lowest BCUT2D eigenvalue weighted by molar-refractivity contribution is -0.119. The minimum atomic E-state index is -0.633. The number of carbonyl (C=O) groups is 3. The van der Waals surface area contributed by atoms with Gasteiger partial charge in [-0.25, -0.2) is 9.97 Å². The summed E-state index contributed by atoms with van der Waals surface area (Å²) >= 11 is 0. The summed E-state index contributed by atoms with van der Waals surface area (Å²) in [5.74, 6) is -0.728. The predicted octanol–water partition coefficient (Wildman–Crippen LogP) is 1.66. The van der Waals surface area contributed by atoms with Crippen LogP contribution in [0, 0.1) is 5.92 Å². The third-order valence-electron chi connectivity index (χ3n) is 5.36. The molecule has 0 saturated carbocycles. The Balaban J connectivity index is 1.51. The number of aromatic amines is 1. The van der Waals surface area contributed by atoms with Gasteiger partial charge in [0, 0.05) is 24.4 Å². The molecule has 1 saturated heterocycles. The molecule has 2 amide bonds. The molecular formula is C20H17N5O4. The molecule has 3 N–H and O–H groups in total. The van der Waals surface area contributed by atoms with E-state index in [0.29, 0.717) is 41.3 Å². The first-order valence-electron chi connectivity index (χ1n) is 9.27. The molecule has 2 aliphatic rings. The molecule has 3 aromatic rings. The second-order valence-corrected chi connectivity index (χ2v) is 7.25. The minimum absolute atomic E-state index is 0.0202. The Morgan fingerprint density at radius 1 is 1.21 bits per heavy atom. The highest BCUT2D eigenvalue weighted by Crippen LogP contribution is 2.32. The number of aromatic nitrogens is 3. The van der Waals surface area contributed by atoms with E-state index in [-0.39, 0.29) is 17.9 Å². The number of imidazole rings is 1. The molecule has 146 valence electrons. The van der Waals surface area contributed by atoms with Crippen LogP contribution in [0.15, 0.2) is 30.6 Å². The van der Waals surface area contributed by atoms with E-state index in [1.807, 2.05) is 13.0 Å². The van der Waals surface area contributed by atoms with Gasteiger partial charge < -0.3 is 20.4 Å². The molecule has 1 fully saturated rings. The number of ether oxygens (including phenoxy) is 1. The third kappa shape index (κ3) is 2.91. The Bertz CT molecular complexity index is 1180. The fraction of sp³-hybridized carbons (Fsp3) is 0.250. The second-order valence-electron chi connectivity index (χ2n) is 7.25. The SMILES string of the molecule is C[C@@H](Oc1nc(-c2ccc3c(c2)NC(=O)C3=O)cc2[nH]cnc12)[C@H]1CNC(=O)C1. The van der Waals surface area contributed by atoms with E-state index < -0.39 is 11.7 Å². The number of nitrogens with one attached hydrogen (secondary N) is 3. The number of fused-ring (bicyclic) bond motifs is 2. The maximum atomic E-state index is 11.8. The molecule has 5 rings (SSSR count). The highest BCUT2D eigenvalue weighted by Gasteiger charge is 2.30. The molecule has 0 radical (unpaired) electrons. The Morgan fingerprint density at radius 3 is 2.86 bits per heavy atom. The number of H-pyrrole nitrogens is 1. The number of Topliss-reactive ketones (excluding diaryl/α,β-unsaturated/α-hetero) is 1. The summed E-state index contributed by atoms with van der Waals surface area (Å²) < 4.78 is 6.10. The summed E-state index contributed by atoms with van der Waals surface area (Å²) in [4.78, 5) is 46.9. The van der Waals surface area contributed by atoms with Crippen molar-refractivity contribution in [2.75, 3.05) is 11.9 Å². The maximum absolute atomic E-state index is 11.8. The molecule has 9 nitrogen and oxygen atoms in total. The molecular weight excluding hydrogens is 374 g/mol. The summed E-state index contributed by atoms with van der Waals surface area (Å²) in [6.07, 6.45) is 1.76. The quantitative estimate of drug-likeness (QED) is 0.581. The molecule has 29 heavy (non-hydrogen) atoms. The van der Waals surface area contributed by atoms with E-state index in [1.54, 1.807) is 24.5 Å². The zero-order valence-electron chi connectivity index (χ0n) is 15.5. The van der Waals surface area contributed by atoms with E-state index in [9.17, 15) is 14.4 Å². The first-order chi connectivity index (χ1) is 14.0. The summed E-state index contributed by atoms with van der Waals surface area (Å²) in [6.45, 7) is 2.48. The van der Waals surface area contributed by atoms with E-state index >= 15 is 0 Å². The highest BCUT2D eigenvalue weighted by atomic mass is 16.5. The van der Waals surface area contributed by atoms with Crippen LogP contribution in [0.2, 0.25) is 0 Å². The average Bonchev–Trinajstić information content (AvgIpc) is 3.41. The zero-order chi connectivity index (χ0) is 20.1. The Labute approximate surface area is 164 Å². The van der Waals surface area contributed by atoms with Crippen molar-refractivity contribution < 1.29 is 19.1 Å². The van der Waals surface area contributed by atoms with Crippen LogP contribution in [0.3, 0.4) is 0 Å². The van der Waals surface area contributed by atoms with Crippen molar-refractivity contribution in [3.8, 4) is 17.1 Å². The van der Waals surface area contributed by atoms with Gasteiger partial charge in [0.2, 0.25) is 11.8 Å². The molecule has 4 heterocycles. The minimum Gasteiger partial charge on any atom is -0.473 e. The molecule has 2 aromatic heterocycles. The first-order valence-corrected chi connectivity index (χ1v) is 9.27. The zero-order valence-corrected chi connectivity index (χ0v) is 15.5. The fourth-order valence-corrected chi connectivity index (χ4v) is 3.68. The van der Waals surface area contributed by atoms with Gasteiger partial charge in [0.1, 0.15) is 6.10 Å². The summed E-state index contributed by atoms with van der Waals surface area (Å²) in [6, 6.07) is 6.91. The molecule has 0 bridgehead atoms. The monoisotopic (exact) mass is 391 g/mol. The summed E-state index contributed by atoms with van der Waals surface area (Å²) in [5, 5.41) is 5.38. The van der Waals surface area contributed by atoms with Crippen molar-refractivity contribution in [2.45, 2.75) is 19.4 Å². The number of rotatable bonds is 4. The Morgan fingerprint density at radius 2 is 2.07 bits per heavy atom. The maximum Gasteiger partial charge on any atom is 0.296 e. The smallest absolute Gasteiger partial charge is 0.296 e. The van der Waals surface area contributed by atoms with Crippen molar-refractivity contribution in [1.29, 1.82) is 0 Å². The number of carbonyl (C=O) groups excluding carboxylic acids is 3. The van der Waals surface area contributed by atoms with Crippen molar-refractivity contribution in [3.05, 3.63) is 36.2 Å². The van der Waals surface area contributed by atoms with Crippen LogP contribution in [0.5, 0.6) is 5.88 Å². The normalized spacial score (nSPS) is 19.2. The third-order valence-corrected chi connectivity index (χ3v) is 5.36. The van der Waals surface area contributed by atoms with Crippen LogP contribution < -0.4 is 15.4 Å². The molecule has 0 aliphatic carbocycles. The number of hydrogen-bond acceptors (Lipinski definition) is 6. The average molecular weight is 391 g/mol. The van der Waals surface area contributed by atoms with Gasteiger partial charge in [-0.15, -0.1) is 0 Å². The molecule has 2 aliphatic heterocycles. The van der Waals surface area contributed by atoms with Gasteiger partial charge >= 0.3 is 0 Å².